The van der Waals surface area contributed by atoms with Crippen LogP contribution < -0.4 is 11.1 Å². The van der Waals surface area contributed by atoms with Crippen molar-refractivity contribution in [2.45, 2.75) is 13.1 Å². The van der Waals surface area contributed by atoms with Crippen LogP contribution >= 0.6 is 23.2 Å². The van der Waals surface area contributed by atoms with Gasteiger partial charge in [0.05, 0.1) is 27.0 Å². The molecule has 2 aromatic carbocycles. The van der Waals surface area contributed by atoms with E-state index < -0.39 is 11.7 Å². The molecule has 0 atom stereocenters. The lowest BCUT2D eigenvalue weighted by Crippen LogP contribution is -2.06. The van der Waals surface area contributed by atoms with Gasteiger partial charge in [-0.05, 0) is 42.8 Å². The Balaban J connectivity index is 2.42. The Kier molecular flexibility index (Phi) is 4.25. The van der Waals surface area contributed by atoms with Crippen molar-refractivity contribution in [1.82, 2.24) is 0 Å². The summed E-state index contributed by atoms with van der Waals surface area (Å²) in [5.74, 6) is 0. The number of aryl methyl sites for hydroxylation is 1. The van der Waals surface area contributed by atoms with Gasteiger partial charge in [0.25, 0.3) is 0 Å². The molecule has 0 aliphatic carbocycles. The molecule has 3 N–H and O–H groups in total. The van der Waals surface area contributed by atoms with Crippen molar-refractivity contribution in [3.8, 4) is 0 Å². The van der Waals surface area contributed by atoms with Crippen molar-refractivity contribution >= 4 is 40.3 Å². The first-order valence-corrected chi connectivity index (χ1v) is 6.63. The van der Waals surface area contributed by atoms with Crippen molar-refractivity contribution in [1.29, 1.82) is 0 Å². The Morgan fingerprint density at radius 1 is 1.00 bits per heavy atom. The van der Waals surface area contributed by atoms with E-state index in [2.05, 4.69) is 5.32 Å². The second kappa shape index (κ2) is 5.66. The predicted molar refractivity (Wildman–Crippen MR) is 80.3 cm³/mol. The summed E-state index contributed by atoms with van der Waals surface area (Å²) in [5.41, 5.74) is 6.70. The maximum Gasteiger partial charge on any atom is 0.416 e. The van der Waals surface area contributed by atoms with Gasteiger partial charge in [-0.25, -0.2) is 0 Å². The third-order valence-electron chi connectivity index (χ3n) is 2.91. The lowest BCUT2D eigenvalue weighted by atomic mass is 10.1. The molecule has 7 heteroatoms. The van der Waals surface area contributed by atoms with Gasteiger partial charge in [0, 0.05) is 5.69 Å². The van der Waals surface area contributed by atoms with Crippen LogP contribution in [0.4, 0.5) is 30.2 Å². The number of nitrogens with two attached hydrogens (primary N) is 1. The molecular weight excluding hydrogens is 324 g/mol. The zero-order valence-corrected chi connectivity index (χ0v) is 12.4. The van der Waals surface area contributed by atoms with Gasteiger partial charge in [-0.3, -0.25) is 0 Å². The van der Waals surface area contributed by atoms with E-state index in [1.54, 1.807) is 19.1 Å². The number of benzene rings is 2. The van der Waals surface area contributed by atoms with Crippen LogP contribution in [-0.2, 0) is 6.18 Å². The fourth-order valence-electron chi connectivity index (χ4n) is 1.78. The number of rotatable bonds is 2. The Morgan fingerprint density at radius 3 is 2.29 bits per heavy atom. The monoisotopic (exact) mass is 334 g/mol. The first kappa shape index (κ1) is 15.8. The SMILES string of the molecule is Cc1cc(N)c(Cl)cc1Nc1cc(C(F)(F)F)ccc1Cl. The largest absolute Gasteiger partial charge is 0.416 e. The number of hydrogen-bond acceptors (Lipinski definition) is 2. The summed E-state index contributed by atoms with van der Waals surface area (Å²) in [5, 5.41) is 3.34. The average molecular weight is 335 g/mol. The first-order valence-electron chi connectivity index (χ1n) is 5.88. The summed E-state index contributed by atoms with van der Waals surface area (Å²) < 4.78 is 38.2. The van der Waals surface area contributed by atoms with Crippen molar-refractivity contribution in [2.75, 3.05) is 11.1 Å². The summed E-state index contributed by atoms with van der Waals surface area (Å²) in [6.07, 6.45) is -4.44. The molecule has 21 heavy (non-hydrogen) atoms. The predicted octanol–water partition coefficient (Wildman–Crippen LogP) is 5.65. The standard InChI is InChI=1S/C14H11Cl2F3N2/c1-7-4-11(20)10(16)6-12(7)21-13-5-8(14(17,18)19)2-3-9(13)15/h2-6,21H,20H2,1H3. The zero-order chi connectivity index (χ0) is 15.8. The third kappa shape index (κ3) is 3.54. The number of nitrogen functional groups attached to an aromatic ring is 1. The molecule has 0 aromatic heterocycles. The molecule has 0 unspecified atom stereocenters. The molecule has 0 fully saturated rings. The van der Waals surface area contributed by atoms with Crippen LogP contribution in [0.25, 0.3) is 0 Å². The lowest BCUT2D eigenvalue weighted by molar-refractivity contribution is -0.137. The smallest absolute Gasteiger partial charge is 0.398 e. The Morgan fingerprint density at radius 2 is 1.67 bits per heavy atom. The summed E-state index contributed by atoms with van der Waals surface area (Å²) in [6, 6.07) is 6.25. The highest BCUT2D eigenvalue weighted by Crippen LogP contribution is 2.36. The van der Waals surface area contributed by atoms with E-state index >= 15 is 0 Å². The Bertz CT molecular complexity index is 685. The molecule has 0 radical (unpaired) electrons. The van der Waals surface area contributed by atoms with Gasteiger partial charge in [0.2, 0.25) is 0 Å². The molecule has 2 nitrogen and oxygen atoms in total. The van der Waals surface area contributed by atoms with Crippen LogP contribution in [0.2, 0.25) is 10.0 Å². The van der Waals surface area contributed by atoms with Gasteiger partial charge in [0.1, 0.15) is 0 Å². The minimum Gasteiger partial charge on any atom is -0.398 e. The number of halogens is 5. The molecule has 0 spiro atoms. The second-order valence-corrected chi connectivity index (χ2v) is 5.32. The Labute approximate surface area is 129 Å². The summed E-state index contributed by atoms with van der Waals surface area (Å²) >= 11 is 11.8. The molecule has 0 amide bonds. The Hall–Kier alpha value is -1.59. The van der Waals surface area contributed by atoms with Crippen LogP contribution in [0.15, 0.2) is 30.3 Å². The molecule has 0 bridgehead atoms. The van der Waals surface area contributed by atoms with Crippen LogP contribution in [0.1, 0.15) is 11.1 Å². The van der Waals surface area contributed by atoms with Crippen LogP contribution in [0.3, 0.4) is 0 Å². The van der Waals surface area contributed by atoms with Crippen molar-refractivity contribution in [3.63, 3.8) is 0 Å². The van der Waals surface area contributed by atoms with E-state index in [-0.39, 0.29) is 10.7 Å². The number of nitrogens with one attached hydrogen (secondary N) is 1. The highest BCUT2D eigenvalue weighted by molar-refractivity contribution is 6.34. The molecular formula is C14H11Cl2F3N2. The van der Waals surface area contributed by atoms with Gasteiger partial charge in [-0.15, -0.1) is 0 Å². The number of hydrogen-bond donors (Lipinski definition) is 2. The lowest BCUT2D eigenvalue weighted by Gasteiger charge is -2.15. The van der Waals surface area contributed by atoms with Crippen molar-refractivity contribution < 1.29 is 13.2 Å². The topological polar surface area (TPSA) is 38.0 Å². The van der Waals surface area contributed by atoms with E-state index in [9.17, 15) is 13.2 Å². The van der Waals surface area contributed by atoms with E-state index in [1.807, 2.05) is 0 Å². The number of alkyl halides is 3. The van der Waals surface area contributed by atoms with E-state index in [0.717, 1.165) is 17.7 Å². The maximum absolute atomic E-state index is 12.7. The van der Waals surface area contributed by atoms with Crippen LogP contribution in [0.5, 0.6) is 0 Å². The minimum absolute atomic E-state index is 0.149. The maximum atomic E-state index is 12.7. The second-order valence-electron chi connectivity index (χ2n) is 4.51. The first-order chi connectivity index (χ1) is 9.68. The molecule has 0 saturated heterocycles. The summed E-state index contributed by atoms with van der Waals surface area (Å²) in [4.78, 5) is 0. The van der Waals surface area contributed by atoms with Crippen molar-refractivity contribution in [3.05, 3.63) is 51.5 Å². The van der Waals surface area contributed by atoms with Crippen molar-refractivity contribution in [2.24, 2.45) is 0 Å². The van der Waals surface area contributed by atoms with Crippen LogP contribution in [0, 0.1) is 6.92 Å². The normalized spacial score (nSPS) is 11.5. The molecule has 0 aliphatic rings. The minimum atomic E-state index is -4.44. The number of anilines is 3. The van der Waals surface area contributed by atoms with Gasteiger partial charge in [-0.2, -0.15) is 13.2 Å². The third-order valence-corrected chi connectivity index (χ3v) is 3.56. The van der Waals surface area contributed by atoms with Gasteiger partial charge >= 0.3 is 6.18 Å². The van der Waals surface area contributed by atoms with Gasteiger partial charge in [0.15, 0.2) is 0 Å². The summed E-state index contributed by atoms with van der Waals surface area (Å²) in [6.45, 7) is 1.76. The van der Waals surface area contributed by atoms with Gasteiger partial charge < -0.3 is 11.1 Å². The van der Waals surface area contributed by atoms with Crippen LogP contribution in [-0.4, -0.2) is 0 Å². The highest BCUT2D eigenvalue weighted by atomic mass is 35.5. The molecule has 0 saturated carbocycles. The summed E-state index contributed by atoms with van der Waals surface area (Å²) in [7, 11) is 0. The average Bonchev–Trinajstić information content (AvgIpc) is 2.37. The quantitative estimate of drug-likeness (QED) is 0.696. The van der Waals surface area contributed by atoms with Gasteiger partial charge in [-0.1, -0.05) is 23.2 Å². The molecule has 2 aromatic rings. The molecule has 0 aliphatic heterocycles. The molecule has 2 rings (SSSR count). The molecule has 112 valence electrons. The fourth-order valence-corrected chi connectivity index (χ4v) is 2.11. The zero-order valence-electron chi connectivity index (χ0n) is 10.9. The van der Waals surface area contributed by atoms with E-state index in [0.29, 0.717) is 16.4 Å². The molecule has 0 heterocycles. The fraction of sp³-hybridized carbons (Fsp3) is 0.143. The van der Waals surface area contributed by atoms with E-state index in [1.165, 1.54) is 6.07 Å². The van der Waals surface area contributed by atoms with E-state index in [4.69, 9.17) is 28.9 Å². The highest BCUT2D eigenvalue weighted by Gasteiger charge is 2.31.